The molecule has 1 saturated heterocycles. The van der Waals surface area contributed by atoms with E-state index in [1.54, 1.807) is 29.0 Å². The Balaban J connectivity index is 1.34. The lowest BCUT2D eigenvalue weighted by molar-refractivity contribution is -0.120. The molecule has 0 unspecified atom stereocenters. The highest BCUT2D eigenvalue weighted by molar-refractivity contribution is 5.98. The third kappa shape index (κ3) is 3.55. The number of carbonyl (C=O) groups excluding carboxylic acids is 1. The summed E-state index contributed by atoms with van der Waals surface area (Å²) in [4.78, 5) is 28.2. The lowest BCUT2D eigenvalue weighted by Gasteiger charge is -2.35. The van der Waals surface area contributed by atoms with Gasteiger partial charge in [0.1, 0.15) is 12.2 Å². The second-order valence-electron chi connectivity index (χ2n) is 6.78. The molecule has 2 N–H and O–H groups in total. The number of aromatic amines is 1. The fourth-order valence-electron chi connectivity index (χ4n) is 3.54. The van der Waals surface area contributed by atoms with E-state index in [4.69, 9.17) is 0 Å². The van der Waals surface area contributed by atoms with Gasteiger partial charge in [-0.05, 0) is 24.1 Å². The lowest BCUT2D eigenvalue weighted by atomic mass is 10.1. The highest BCUT2D eigenvalue weighted by Gasteiger charge is 2.27. The predicted octanol–water partition coefficient (Wildman–Crippen LogP) is 0.763. The van der Waals surface area contributed by atoms with Crippen LogP contribution in [0.5, 0.6) is 0 Å². The van der Waals surface area contributed by atoms with Gasteiger partial charge in [-0.15, -0.1) is 0 Å². The smallest absolute Gasteiger partial charge is 0.246 e. The maximum atomic E-state index is 12.6. The summed E-state index contributed by atoms with van der Waals surface area (Å²) in [7, 11) is 3.59. The highest BCUT2D eigenvalue weighted by atomic mass is 16.2. The van der Waals surface area contributed by atoms with Gasteiger partial charge in [0.25, 0.3) is 0 Å². The molecule has 3 aromatic heterocycles. The summed E-state index contributed by atoms with van der Waals surface area (Å²) in [5.74, 6) is 0.794. The number of hydrogen-bond donors (Lipinski definition) is 2. The first kappa shape index (κ1) is 18.0. The normalized spacial score (nSPS) is 15.5. The summed E-state index contributed by atoms with van der Waals surface area (Å²) in [6.07, 6.45) is 8.20. The molecule has 1 aliphatic heterocycles. The number of amides is 1. The van der Waals surface area contributed by atoms with Crippen LogP contribution < -0.4 is 10.2 Å². The molecule has 4 rings (SSSR count). The number of guanidine groups is 1. The van der Waals surface area contributed by atoms with E-state index in [0.717, 1.165) is 42.2 Å². The van der Waals surface area contributed by atoms with E-state index in [1.165, 1.54) is 5.56 Å². The van der Waals surface area contributed by atoms with Crippen molar-refractivity contribution in [3.05, 3.63) is 42.5 Å². The zero-order valence-corrected chi connectivity index (χ0v) is 16.1. The maximum absolute atomic E-state index is 12.6. The third-order valence-electron chi connectivity index (χ3n) is 4.95. The summed E-state index contributed by atoms with van der Waals surface area (Å²) in [6.45, 7) is 2.35. The zero-order chi connectivity index (χ0) is 19.5. The van der Waals surface area contributed by atoms with E-state index in [9.17, 15) is 4.79 Å². The van der Waals surface area contributed by atoms with Crippen molar-refractivity contribution >= 4 is 28.6 Å². The van der Waals surface area contributed by atoms with Crippen LogP contribution in [0.1, 0.15) is 5.56 Å². The standard InChI is InChI=1S/C19H24N8O/c1-20-19(22-7-5-14-10-23-18-16(14)4-3-6-21-18)26-8-9-27(17(28)13-26)15-11-24-25(2)12-15/h3-4,6,10-12H,5,7-9,13H2,1-2H3,(H,20,22)(H,21,23). The van der Waals surface area contributed by atoms with Gasteiger partial charge in [-0.1, -0.05) is 0 Å². The molecular formula is C19H24N8O. The van der Waals surface area contributed by atoms with E-state index in [0.29, 0.717) is 13.1 Å². The Kier molecular flexibility index (Phi) is 4.96. The Morgan fingerprint density at radius 3 is 3.04 bits per heavy atom. The molecule has 4 heterocycles. The molecule has 28 heavy (non-hydrogen) atoms. The van der Waals surface area contributed by atoms with E-state index < -0.39 is 0 Å². The number of aliphatic imine (C=N–C) groups is 1. The molecule has 9 heteroatoms. The van der Waals surface area contributed by atoms with Crippen LogP contribution in [0, 0.1) is 0 Å². The van der Waals surface area contributed by atoms with Crippen LogP contribution in [-0.2, 0) is 18.3 Å². The van der Waals surface area contributed by atoms with Crippen molar-refractivity contribution in [1.29, 1.82) is 0 Å². The molecule has 0 atom stereocenters. The van der Waals surface area contributed by atoms with Gasteiger partial charge >= 0.3 is 0 Å². The monoisotopic (exact) mass is 380 g/mol. The van der Waals surface area contributed by atoms with Crippen LogP contribution in [0.25, 0.3) is 11.0 Å². The predicted molar refractivity (Wildman–Crippen MR) is 108 cm³/mol. The first-order chi connectivity index (χ1) is 13.7. The van der Waals surface area contributed by atoms with Gasteiger partial charge in [-0.25, -0.2) is 4.98 Å². The molecule has 1 aliphatic rings. The SMILES string of the molecule is CN=C(NCCc1c[nH]c2ncccc12)N1CCN(c2cnn(C)c2)C(=O)C1. The van der Waals surface area contributed by atoms with Gasteiger partial charge < -0.3 is 20.1 Å². The fraction of sp³-hybridized carbons (Fsp3) is 0.368. The molecule has 9 nitrogen and oxygen atoms in total. The second kappa shape index (κ2) is 7.71. The molecule has 1 amide bonds. The molecular weight excluding hydrogens is 356 g/mol. The molecule has 1 fully saturated rings. The summed E-state index contributed by atoms with van der Waals surface area (Å²) < 4.78 is 1.70. The molecule has 0 aliphatic carbocycles. The molecule has 0 radical (unpaired) electrons. The number of nitrogens with one attached hydrogen (secondary N) is 2. The van der Waals surface area contributed by atoms with Gasteiger partial charge in [0.15, 0.2) is 5.96 Å². The van der Waals surface area contributed by atoms with Crippen molar-refractivity contribution in [2.45, 2.75) is 6.42 Å². The van der Waals surface area contributed by atoms with Gasteiger partial charge in [-0.2, -0.15) is 5.10 Å². The number of pyridine rings is 1. The minimum absolute atomic E-state index is 0.0462. The minimum Gasteiger partial charge on any atom is -0.356 e. The number of rotatable bonds is 4. The summed E-state index contributed by atoms with van der Waals surface area (Å²) >= 11 is 0. The summed E-state index contributed by atoms with van der Waals surface area (Å²) in [5, 5.41) is 8.66. The Morgan fingerprint density at radius 1 is 1.39 bits per heavy atom. The van der Waals surface area contributed by atoms with Crippen molar-refractivity contribution in [2.24, 2.45) is 12.0 Å². The molecule has 3 aromatic rings. The summed E-state index contributed by atoms with van der Waals surface area (Å²) in [6, 6.07) is 4.01. The number of aryl methyl sites for hydroxylation is 1. The fourth-order valence-corrected chi connectivity index (χ4v) is 3.54. The zero-order valence-electron chi connectivity index (χ0n) is 16.1. The Labute approximate surface area is 163 Å². The largest absolute Gasteiger partial charge is 0.356 e. The van der Waals surface area contributed by atoms with Crippen LogP contribution in [0.3, 0.4) is 0 Å². The van der Waals surface area contributed by atoms with Crippen LogP contribution in [-0.4, -0.2) is 69.7 Å². The first-order valence-electron chi connectivity index (χ1n) is 9.31. The number of hydrogen-bond acceptors (Lipinski definition) is 4. The van der Waals surface area contributed by atoms with Gasteiger partial charge in [0.05, 0.1) is 11.9 Å². The van der Waals surface area contributed by atoms with Crippen molar-refractivity contribution < 1.29 is 4.79 Å². The van der Waals surface area contributed by atoms with Gasteiger partial charge in [-0.3, -0.25) is 14.5 Å². The average Bonchev–Trinajstić information content (AvgIpc) is 3.31. The van der Waals surface area contributed by atoms with E-state index in [-0.39, 0.29) is 5.91 Å². The number of carbonyl (C=O) groups is 1. The number of H-pyrrole nitrogens is 1. The molecule has 0 spiro atoms. The Hall–Kier alpha value is -3.36. The van der Waals surface area contributed by atoms with E-state index in [1.807, 2.05) is 30.4 Å². The molecule has 146 valence electrons. The number of nitrogens with zero attached hydrogens (tertiary/aromatic N) is 6. The maximum Gasteiger partial charge on any atom is 0.246 e. The van der Waals surface area contributed by atoms with Crippen LogP contribution >= 0.6 is 0 Å². The summed E-state index contributed by atoms with van der Waals surface area (Å²) in [5.41, 5.74) is 2.95. The molecule has 0 saturated carbocycles. The van der Waals surface area contributed by atoms with Crippen molar-refractivity contribution in [2.75, 3.05) is 38.1 Å². The van der Waals surface area contributed by atoms with Gasteiger partial charge in [0.2, 0.25) is 5.91 Å². The van der Waals surface area contributed by atoms with E-state index in [2.05, 4.69) is 31.4 Å². The average molecular weight is 380 g/mol. The number of aromatic nitrogens is 4. The Morgan fingerprint density at radius 2 is 2.29 bits per heavy atom. The highest BCUT2D eigenvalue weighted by Crippen LogP contribution is 2.17. The van der Waals surface area contributed by atoms with Crippen LogP contribution in [0.4, 0.5) is 5.69 Å². The van der Waals surface area contributed by atoms with Crippen molar-refractivity contribution in [1.82, 2.24) is 30.0 Å². The van der Waals surface area contributed by atoms with Crippen molar-refractivity contribution in [3.63, 3.8) is 0 Å². The first-order valence-corrected chi connectivity index (χ1v) is 9.31. The minimum atomic E-state index is 0.0462. The van der Waals surface area contributed by atoms with Crippen LogP contribution in [0.15, 0.2) is 41.9 Å². The third-order valence-corrected chi connectivity index (χ3v) is 4.95. The van der Waals surface area contributed by atoms with E-state index >= 15 is 0 Å². The molecule has 0 bridgehead atoms. The lowest BCUT2D eigenvalue weighted by Crippen LogP contribution is -2.55. The topological polar surface area (TPSA) is 94.4 Å². The molecule has 0 aromatic carbocycles. The van der Waals surface area contributed by atoms with Gasteiger partial charge in [0, 0.05) is 57.7 Å². The van der Waals surface area contributed by atoms with Crippen LogP contribution in [0.2, 0.25) is 0 Å². The quantitative estimate of drug-likeness (QED) is 0.515. The number of anilines is 1. The number of fused-ring (bicyclic) bond motifs is 1. The Bertz CT molecular complexity index is 1000. The number of piperazine rings is 1. The second-order valence-corrected chi connectivity index (χ2v) is 6.78. The van der Waals surface area contributed by atoms with Crippen molar-refractivity contribution in [3.8, 4) is 0 Å².